The van der Waals surface area contributed by atoms with Crippen molar-refractivity contribution in [3.63, 3.8) is 0 Å². The fourth-order valence-electron chi connectivity index (χ4n) is 1.76. The van der Waals surface area contributed by atoms with E-state index < -0.39 is 31.8 Å². The molecule has 1 amide bonds. The third kappa shape index (κ3) is 3.05. The summed E-state index contributed by atoms with van der Waals surface area (Å²) in [6.07, 6.45) is 0.902. The first-order valence-corrected chi connectivity index (χ1v) is 5.66. The molecule has 0 unspecified atom stereocenters. The molecular weight excluding hydrogens is 277 g/mol. The maximum atomic E-state index is 12.4. The normalized spacial score (nSPS) is 11.8. The van der Waals surface area contributed by atoms with Gasteiger partial charge in [-0.3, -0.25) is 9.78 Å². The van der Waals surface area contributed by atoms with Gasteiger partial charge in [0.15, 0.2) is 0 Å². The van der Waals surface area contributed by atoms with Crippen LogP contribution >= 0.6 is 0 Å². The highest BCUT2D eigenvalue weighted by Gasteiger charge is 2.33. The van der Waals surface area contributed by atoms with Crippen molar-refractivity contribution in [3.8, 4) is 0 Å². The van der Waals surface area contributed by atoms with Gasteiger partial charge in [0.2, 0.25) is 0 Å². The van der Waals surface area contributed by atoms with Crippen LogP contribution in [0.25, 0.3) is 5.52 Å². The van der Waals surface area contributed by atoms with Crippen molar-refractivity contribution in [2.75, 3.05) is 19.7 Å². The van der Waals surface area contributed by atoms with Gasteiger partial charge in [-0.15, -0.1) is 0 Å². The molecule has 0 fully saturated rings. The third-order valence-electron chi connectivity index (χ3n) is 2.58. The highest BCUT2D eigenvalue weighted by Crippen LogP contribution is 2.19. The molecule has 0 aliphatic carbocycles. The van der Waals surface area contributed by atoms with Crippen molar-refractivity contribution in [2.24, 2.45) is 0 Å². The molecule has 0 saturated heterocycles. The van der Waals surface area contributed by atoms with Crippen LogP contribution in [0.4, 0.5) is 13.2 Å². The van der Waals surface area contributed by atoms with Gasteiger partial charge >= 0.3 is 6.18 Å². The third-order valence-corrected chi connectivity index (χ3v) is 2.58. The Morgan fingerprint density at radius 1 is 1.40 bits per heavy atom. The summed E-state index contributed by atoms with van der Waals surface area (Å²) in [7, 11) is 0. The highest BCUT2D eigenvalue weighted by atomic mass is 19.4. The Morgan fingerprint density at radius 2 is 2.15 bits per heavy atom. The number of nitrogens with zero attached hydrogens (tertiary/aromatic N) is 4. The lowest BCUT2D eigenvalue weighted by atomic mass is 10.2. The van der Waals surface area contributed by atoms with Gasteiger partial charge in [-0.05, 0) is 0 Å². The summed E-state index contributed by atoms with van der Waals surface area (Å²) in [5.74, 6) is -0.848. The molecule has 6 nitrogen and oxygen atoms in total. The molecule has 0 bridgehead atoms. The first-order valence-electron chi connectivity index (χ1n) is 5.66. The Hall–Kier alpha value is -2.16. The van der Waals surface area contributed by atoms with Crippen LogP contribution in [0.15, 0.2) is 24.8 Å². The zero-order chi connectivity index (χ0) is 14.8. The molecule has 9 heteroatoms. The van der Waals surface area contributed by atoms with Crippen LogP contribution in [-0.2, 0) is 0 Å². The van der Waals surface area contributed by atoms with E-state index in [1.807, 2.05) is 0 Å². The molecule has 0 saturated carbocycles. The van der Waals surface area contributed by atoms with Gasteiger partial charge in [-0.1, -0.05) is 0 Å². The zero-order valence-corrected chi connectivity index (χ0v) is 10.2. The van der Waals surface area contributed by atoms with Crippen molar-refractivity contribution >= 4 is 11.4 Å². The predicted octanol–water partition coefficient (Wildman–Crippen LogP) is 0.726. The van der Waals surface area contributed by atoms with E-state index in [1.165, 1.54) is 29.3 Å². The standard InChI is InChI=1S/C11H11F3N4O2/c12-11(13,14)7-17(3-4-19)10(20)8-5-16-18-2-1-15-6-9(8)18/h1-2,5-6,19H,3-4,7H2. The number of hydrogen-bond acceptors (Lipinski definition) is 4. The van der Waals surface area contributed by atoms with Crippen molar-refractivity contribution in [3.05, 3.63) is 30.4 Å². The first kappa shape index (κ1) is 14.3. The highest BCUT2D eigenvalue weighted by molar-refractivity contribution is 6.00. The van der Waals surface area contributed by atoms with Gasteiger partial charge in [-0.25, -0.2) is 4.52 Å². The number of fused-ring (bicyclic) bond motifs is 1. The van der Waals surface area contributed by atoms with Crippen LogP contribution in [0.2, 0.25) is 0 Å². The number of carbonyl (C=O) groups is 1. The van der Waals surface area contributed by atoms with Gasteiger partial charge in [0, 0.05) is 18.9 Å². The van der Waals surface area contributed by atoms with E-state index in [0.29, 0.717) is 10.4 Å². The zero-order valence-electron chi connectivity index (χ0n) is 10.2. The summed E-state index contributed by atoms with van der Waals surface area (Å²) in [4.78, 5) is 16.5. The smallest absolute Gasteiger partial charge is 0.395 e. The maximum absolute atomic E-state index is 12.4. The molecule has 108 valence electrons. The summed E-state index contributed by atoms with van der Waals surface area (Å²) in [6, 6.07) is 0. The van der Waals surface area contributed by atoms with Gasteiger partial charge in [0.1, 0.15) is 6.54 Å². The average molecular weight is 288 g/mol. The summed E-state index contributed by atoms with van der Waals surface area (Å²) >= 11 is 0. The van der Waals surface area contributed by atoms with Gasteiger partial charge in [-0.2, -0.15) is 18.3 Å². The molecule has 0 radical (unpaired) electrons. The monoisotopic (exact) mass is 288 g/mol. The van der Waals surface area contributed by atoms with E-state index in [2.05, 4.69) is 10.1 Å². The van der Waals surface area contributed by atoms with E-state index in [9.17, 15) is 18.0 Å². The molecule has 0 aliphatic rings. The average Bonchev–Trinajstić information content (AvgIpc) is 2.79. The van der Waals surface area contributed by atoms with Crippen LogP contribution in [0.3, 0.4) is 0 Å². The maximum Gasteiger partial charge on any atom is 0.406 e. The number of halogens is 3. The minimum absolute atomic E-state index is 0.0100. The number of aliphatic hydroxyl groups excluding tert-OH is 1. The van der Waals surface area contributed by atoms with Gasteiger partial charge in [0.05, 0.1) is 30.1 Å². The van der Waals surface area contributed by atoms with Crippen LogP contribution in [0.5, 0.6) is 0 Å². The van der Waals surface area contributed by atoms with E-state index in [-0.39, 0.29) is 5.56 Å². The molecule has 2 aromatic heterocycles. The second kappa shape index (κ2) is 5.45. The lowest BCUT2D eigenvalue weighted by Crippen LogP contribution is -2.40. The summed E-state index contributed by atoms with van der Waals surface area (Å²) in [5, 5.41) is 12.7. The first-order chi connectivity index (χ1) is 9.42. The molecule has 20 heavy (non-hydrogen) atoms. The lowest BCUT2D eigenvalue weighted by Gasteiger charge is -2.22. The summed E-state index contributed by atoms with van der Waals surface area (Å²) in [6.45, 7) is -2.39. The van der Waals surface area contributed by atoms with Gasteiger partial charge < -0.3 is 10.0 Å². The van der Waals surface area contributed by atoms with Crippen LogP contribution in [0, 0.1) is 0 Å². The fourth-order valence-corrected chi connectivity index (χ4v) is 1.76. The van der Waals surface area contributed by atoms with E-state index in [0.717, 1.165) is 0 Å². The molecule has 0 spiro atoms. The second-order valence-corrected chi connectivity index (χ2v) is 4.03. The predicted molar refractivity (Wildman–Crippen MR) is 62.0 cm³/mol. The van der Waals surface area contributed by atoms with Crippen LogP contribution < -0.4 is 0 Å². The topological polar surface area (TPSA) is 70.7 Å². The summed E-state index contributed by atoms with van der Waals surface area (Å²) in [5.41, 5.74) is 0.318. The lowest BCUT2D eigenvalue weighted by molar-refractivity contribution is -0.141. The minimum Gasteiger partial charge on any atom is -0.395 e. The van der Waals surface area contributed by atoms with Crippen LogP contribution in [0.1, 0.15) is 10.4 Å². The Balaban J connectivity index is 2.31. The van der Waals surface area contributed by atoms with Crippen molar-refractivity contribution in [1.82, 2.24) is 19.5 Å². The molecule has 2 aromatic rings. The largest absolute Gasteiger partial charge is 0.406 e. The Labute approximate surface area is 111 Å². The number of hydrogen-bond donors (Lipinski definition) is 1. The molecule has 2 rings (SSSR count). The van der Waals surface area contributed by atoms with Crippen molar-refractivity contribution in [2.45, 2.75) is 6.18 Å². The quantitative estimate of drug-likeness (QED) is 0.900. The molecule has 0 aromatic carbocycles. The SMILES string of the molecule is O=C(c1cnn2ccncc12)N(CCO)CC(F)(F)F. The Bertz CT molecular complexity index is 611. The van der Waals surface area contributed by atoms with E-state index in [4.69, 9.17) is 5.11 Å². The molecule has 0 atom stereocenters. The van der Waals surface area contributed by atoms with Gasteiger partial charge in [0.25, 0.3) is 5.91 Å². The van der Waals surface area contributed by atoms with Crippen molar-refractivity contribution < 1.29 is 23.1 Å². The number of amides is 1. The number of carbonyl (C=O) groups excluding carboxylic acids is 1. The number of rotatable bonds is 4. The number of alkyl halides is 3. The second-order valence-electron chi connectivity index (χ2n) is 4.03. The van der Waals surface area contributed by atoms with E-state index in [1.54, 1.807) is 0 Å². The number of aliphatic hydroxyl groups is 1. The van der Waals surface area contributed by atoms with Crippen LogP contribution in [-0.4, -0.2) is 56.4 Å². The molecule has 1 N–H and O–H groups in total. The Morgan fingerprint density at radius 3 is 2.80 bits per heavy atom. The minimum atomic E-state index is -4.54. The molecule has 0 aliphatic heterocycles. The van der Waals surface area contributed by atoms with Crippen molar-refractivity contribution in [1.29, 1.82) is 0 Å². The molecule has 2 heterocycles. The molecular formula is C11H11F3N4O2. The summed E-state index contributed by atoms with van der Waals surface area (Å²) < 4.78 is 38.6. The Kier molecular flexibility index (Phi) is 3.89. The number of aromatic nitrogens is 3. The van der Waals surface area contributed by atoms with E-state index >= 15 is 0 Å². The fraction of sp³-hybridized carbons (Fsp3) is 0.364.